The van der Waals surface area contributed by atoms with Crippen molar-refractivity contribution in [2.24, 2.45) is 11.8 Å². The number of carbonyl (C=O) groups is 3. The van der Waals surface area contributed by atoms with Gasteiger partial charge in [-0.25, -0.2) is 4.79 Å². The summed E-state index contributed by atoms with van der Waals surface area (Å²) >= 11 is 1.53. The molecule has 8 nitrogen and oxygen atoms in total. The molecule has 4 aliphatic rings. The van der Waals surface area contributed by atoms with Gasteiger partial charge in [-0.2, -0.15) is 8.78 Å². The number of thioether (sulfide) groups is 1. The van der Waals surface area contributed by atoms with Crippen molar-refractivity contribution >= 4 is 29.5 Å². The van der Waals surface area contributed by atoms with Crippen LogP contribution in [0.25, 0.3) is 0 Å². The lowest BCUT2D eigenvalue weighted by molar-refractivity contribution is -0.898. The summed E-state index contributed by atoms with van der Waals surface area (Å²) in [6.45, 7) is 7.64. The summed E-state index contributed by atoms with van der Waals surface area (Å²) in [5.41, 5.74) is 0.00752. The van der Waals surface area contributed by atoms with E-state index < -0.39 is 42.2 Å². The molecule has 0 saturated carbocycles. The Labute approximate surface area is 196 Å². The minimum atomic E-state index is -3.16. The normalized spacial score (nSPS) is 33.9. The number of nitrogens with zero attached hydrogens (tertiary/aromatic N) is 2. The van der Waals surface area contributed by atoms with E-state index in [1.54, 1.807) is 0 Å². The lowest BCUT2D eigenvalue weighted by Crippen LogP contribution is -2.66. The molecular formula is C22H33F2N4O4S+. The molecule has 0 aliphatic carbocycles. The van der Waals surface area contributed by atoms with Gasteiger partial charge in [-0.1, -0.05) is 6.92 Å². The number of nitrogens with one attached hydrogen (secondary N) is 2. The summed E-state index contributed by atoms with van der Waals surface area (Å²) < 4.78 is 26.4. The maximum atomic E-state index is 12.8. The van der Waals surface area contributed by atoms with Gasteiger partial charge in [-0.15, -0.1) is 11.8 Å². The van der Waals surface area contributed by atoms with Gasteiger partial charge < -0.3 is 25.1 Å². The minimum Gasteiger partial charge on any atom is -0.477 e. The predicted octanol–water partition coefficient (Wildman–Crippen LogP) is 1.23. The highest BCUT2D eigenvalue weighted by atomic mass is 32.2. The van der Waals surface area contributed by atoms with Crippen LogP contribution in [0.2, 0.25) is 0 Å². The van der Waals surface area contributed by atoms with Crippen molar-refractivity contribution in [3.63, 3.8) is 0 Å². The first-order chi connectivity index (χ1) is 15.5. The number of rotatable bonds is 8. The van der Waals surface area contributed by atoms with Crippen LogP contribution in [0.3, 0.4) is 0 Å². The third-order valence-corrected chi connectivity index (χ3v) is 9.19. The van der Waals surface area contributed by atoms with Gasteiger partial charge in [0.1, 0.15) is 5.70 Å². The third-order valence-electron chi connectivity index (χ3n) is 7.68. The van der Waals surface area contributed by atoms with Crippen LogP contribution in [-0.4, -0.2) is 95.3 Å². The Bertz CT molecular complexity index is 863. The van der Waals surface area contributed by atoms with Gasteiger partial charge in [-0.3, -0.25) is 9.59 Å². The van der Waals surface area contributed by atoms with Gasteiger partial charge in [0.25, 0.3) is 5.91 Å². The largest absolute Gasteiger partial charge is 0.477 e. The van der Waals surface area contributed by atoms with Crippen LogP contribution in [-0.2, 0) is 14.4 Å². The molecule has 4 rings (SSSR count). The molecule has 0 aromatic heterocycles. The van der Waals surface area contributed by atoms with Crippen molar-refractivity contribution in [2.45, 2.75) is 62.9 Å². The van der Waals surface area contributed by atoms with E-state index in [2.05, 4.69) is 17.7 Å². The summed E-state index contributed by atoms with van der Waals surface area (Å²) in [5.74, 6) is -3.96. The van der Waals surface area contributed by atoms with Crippen molar-refractivity contribution < 1.29 is 32.8 Å². The smallest absolute Gasteiger partial charge is 0.353 e. The van der Waals surface area contributed by atoms with Crippen molar-refractivity contribution in [2.75, 3.05) is 33.2 Å². The Kier molecular flexibility index (Phi) is 6.76. The van der Waals surface area contributed by atoms with E-state index in [4.69, 9.17) is 0 Å². The molecule has 0 spiro atoms. The average Bonchev–Trinajstić information content (AvgIpc) is 3.41. The van der Waals surface area contributed by atoms with Gasteiger partial charge in [0.05, 0.1) is 44.7 Å². The van der Waals surface area contributed by atoms with Crippen LogP contribution in [0.1, 0.15) is 33.1 Å². The van der Waals surface area contributed by atoms with E-state index in [1.807, 2.05) is 6.92 Å². The Morgan fingerprint density at radius 3 is 2.61 bits per heavy atom. The number of β-lactam (4-membered cyclic amide) rings is 1. The molecule has 2 amide bonds. The molecule has 184 valence electrons. The number of carbonyl (C=O) groups excluding carboxylic acids is 2. The number of halogens is 2. The molecule has 0 aromatic carbocycles. The first kappa shape index (κ1) is 24.4. The van der Waals surface area contributed by atoms with Crippen LogP contribution >= 0.6 is 11.8 Å². The van der Waals surface area contributed by atoms with E-state index in [9.17, 15) is 28.3 Å². The summed E-state index contributed by atoms with van der Waals surface area (Å²) in [6.07, 6.45) is 0.295. The van der Waals surface area contributed by atoms with Crippen LogP contribution in [0.4, 0.5) is 8.78 Å². The molecule has 6 atom stereocenters. The van der Waals surface area contributed by atoms with Crippen molar-refractivity contribution in [3.8, 4) is 0 Å². The molecule has 0 aromatic rings. The number of fused-ring (bicyclic) bond motifs is 1. The van der Waals surface area contributed by atoms with Gasteiger partial charge in [0.15, 0.2) is 0 Å². The third kappa shape index (κ3) is 4.51. The number of quaternary nitrogens is 1. The minimum absolute atomic E-state index is 0.00752. The zero-order chi connectivity index (χ0) is 24.1. The molecule has 0 radical (unpaired) electrons. The molecule has 11 heteroatoms. The molecule has 0 bridgehead atoms. The number of hydrogen-bond acceptors (Lipinski definition) is 5. The van der Waals surface area contributed by atoms with Crippen LogP contribution in [0.5, 0.6) is 0 Å². The van der Waals surface area contributed by atoms with Crippen LogP contribution in [0.15, 0.2) is 10.6 Å². The van der Waals surface area contributed by atoms with E-state index in [-0.39, 0.29) is 16.9 Å². The summed E-state index contributed by atoms with van der Waals surface area (Å²) in [7, 11) is 2.30. The van der Waals surface area contributed by atoms with E-state index in [0.717, 1.165) is 24.0 Å². The topological polar surface area (TPSA) is 98.7 Å². The summed E-state index contributed by atoms with van der Waals surface area (Å²) in [5, 5.41) is 15.9. The highest BCUT2D eigenvalue weighted by Crippen LogP contribution is 2.51. The number of carboxylic acid groups (broad SMARTS) is 1. The molecule has 2 unspecified atom stereocenters. The van der Waals surface area contributed by atoms with Gasteiger partial charge in [-0.05, 0) is 13.3 Å². The van der Waals surface area contributed by atoms with Gasteiger partial charge in [0, 0.05) is 41.5 Å². The first-order valence-electron chi connectivity index (χ1n) is 11.6. The standard InChI is InChI=1S/C22H32F2N4O4S/c1-11-16-15(12(2)26-20(29)19(23)24)21(30)27(16)17(22(31)32)18(11)33-14-8-13(25-9-14)10-28(3)6-4-5-7-28/h11-16,19,25H,4-10H2,1-3H3,(H-,26,29,31,32)/p+1/t11-,12?,13?,14+,15-,16-/m1/s1. The molecule has 3 saturated heterocycles. The number of likely N-dealkylation sites (N-methyl/N-ethyl adjacent to an activating group) is 1. The SMILES string of the molecule is CC(NC(=O)C(F)F)[C@H]1C(=O)N2C(C(=O)O)=C(S[C@@H]3CNC(C[N+]4(C)CCCC4)C3)[C@H](C)[C@H]12. The molecular weight excluding hydrogens is 454 g/mol. The number of amides is 2. The Hall–Kier alpha value is -1.72. The van der Waals surface area contributed by atoms with E-state index in [0.29, 0.717) is 10.9 Å². The van der Waals surface area contributed by atoms with Gasteiger partial charge >= 0.3 is 12.4 Å². The Morgan fingerprint density at radius 2 is 2.00 bits per heavy atom. The Balaban J connectivity index is 1.44. The lowest BCUT2D eigenvalue weighted by Gasteiger charge is -2.47. The van der Waals surface area contributed by atoms with Crippen molar-refractivity contribution in [1.29, 1.82) is 0 Å². The summed E-state index contributed by atoms with van der Waals surface area (Å²) in [6, 6.07) is -0.866. The highest BCUT2D eigenvalue weighted by Gasteiger charge is 2.60. The average molecular weight is 488 g/mol. The molecule has 4 aliphatic heterocycles. The maximum Gasteiger partial charge on any atom is 0.353 e. The van der Waals surface area contributed by atoms with Crippen LogP contribution < -0.4 is 10.6 Å². The number of hydrogen-bond donors (Lipinski definition) is 3. The van der Waals surface area contributed by atoms with E-state index >= 15 is 0 Å². The number of carboxylic acids is 1. The number of alkyl halides is 2. The fourth-order valence-corrected chi connectivity index (χ4v) is 7.60. The zero-order valence-electron chi connectivity index (χ0n) is 19.2. The first-order valence-corrected chi connectivity index (χ1v) is 12.5. The van der Waals surface area contributed by atoms with Crippen molar-refractivity contribution in [1.82, 2.24) is 15.5 Å². The quantitative estimate of drug-likeness (QED) is 0.352. The maximum absolute atomic E-state index is 12.8. The fourth-order valence-electron chi connectivity index (χ4n) is 6.08. The monoisotopic (exact) mass is 487 g/mol. The lowest BCUT2D eigenvalue weighted by atomic mass is 9.78. The second-order valence-electron chi connectivity index (χ2n) is 10.2. The van der Waals surface area contributed by atoms with Crippen molar-refractivity contribution in [3.05, 3.63) is 10.6 Å². The second kappa shape index (κ2) is 9.14. The molecule has 33 heavy (non-hydrogen) atoms. The molecule has 3 N–H and O–H groups in total. The highest BCUT2D eigenvalue weighted by molar-refractivity contribution is 8.03. The Morgan fingerprint density at radius 1 is 1.33 bits per heavy atom. The summed E-state index contributed by atoms with van der Waals surface area (Å²) in [4.78, 5) is 38.3. The predicted molar refractivity (Wildman–Crippen MR) is 119 cm³/mol. The molecule has 4 heterocycles. The second-order valence-corrected chi connectivity index (χ2v) is 11.5. The number of likely N-dealkylation sites (tertiary alicyclic amines) is 1. The van der Waals surface area contributed by atoms with Gasteiger partial charge in [0.2, 0.25) is 5.91 Å². The van der Waals surface area contributed by atoms with E-state index in [1.165, 1.54) is 49.5 Å². The fraction of sp³-hybridized carbons (Fsp3) is 0.773. The number of aliphatic carboxylic acids is 1. The zero-order valence-corrected chi connectivity index (χ0v) is 20.0. The van der Waals surface area contributed by atoms with Crippen LogP contribution in [0, 0.1) is 11.8 Å². The molecule has 3 fully saturated rings.